The number of alkyl carbamates (subject to hydrolysis) is 1. The minimum Gasteiger partial charge on any atom is -0.453 e. The van der Waals surface area contributed by atoms with E-state index in [4.69, 9.17) is 0 Å². The number of amides is 2. The van der Waals surface area contributed by atoms with Crippen molar-refractivity contribution in [2.24, 2.45) is 5.92 Å². The predicted molar refractivity (Wildman–Crippen MR) is 63.6 cm³/mol. The lowest BCUT2D eigenvalue weighted by molar-refractivity contribution is -0.121. The fourth-order valence-electron chi connectivity index (χ4n) is 2.16. The summed E-state index contributed by atoms with van der Waals surface area (Å²) in [4.78, 5) is 24.4. The summed E-state index contributed by atoms with van der Waals surface area (Å²) in [6.07, 6.45) is 1.59. The minimum absolute atomic E-state index is 0.259. The van der Waals surface area contributed by atoms with Crippen molar-refractivity contribution in [1.82, 2.24) is 15.5 Å². The van der Waals surface area contributed by atoms with E-state index < -0.39 is 6.09 Å². The van der Waals surface area contributed by atoms with Crippen molar-refractivity contribution in [3.8, 4) is 0 Å². The van der Waals surface area contributed by atoms with Gasteiger partial charge < -0.3 is 10.1 Å². The van der Waals surface area contributed by atoms with Gasteiger partial charge in [-0.3, -0.25) is 15.0 Å². The van der Waals surface area contributed by atoms with E-state index >= 15 is 0 Å². The van der Waals surface area contributed by atoms with Crippen LogP contribution >= 0.6 is 0 Å². The zero-order valence-electron chi connectivity index (χ0n) is 10.5. The smallest absolute Gasteiger partial charge is 0.413 e. The first kappa shape index (κ1) is 13.9. The predicted octanol–water partition coefficient (Wildman–Crippen LogP) is -0.200. The molecule has 6 nitrogen and oxygen atoms in total. The number of hydrogen-bond acceptors (Lipinski definition) is 5. The van der Waals surface area contributed by atoms with Gasteiger partial charge in [0.25, 0.3) is 0 Å². The first-order chi connectivity index (χ1) is 8.15. The highest BCUT2D eigenvalue weighted by Crippen LogP contribution is 2.14. The summed E-state index contributed by atoms with van der Waals surface area (Å²) in [5, 5.41) is 5.32. The average Bonchev–Trinajstić information content (AvgIpc) is 2.29. The summed E-state index contributed by atoms with van der Waals surface area (Å²) in [6.45, 7) is 3.04. The van der Waals surface area contributed by atoms with Crippen LogP contribution in [0.25, 0.3) is 0 Å². The molecular weight excluding hydrogens is 222 g/mol. The topological polar surface area (TPSA) is 70.7 Å². The Labute approximate surface area is 102 Å². The highest BCUT2D eigenvalue weighted by Gasteiger charge is 2.21. The summed E-state index contributed by atoms with van der Waals surface area (Å²) in [7, 11) is 3.18. The molecule has 1 aliphatic heterocycles. The number of carbonyl (C=O) groups excluding carboxylic acids is 2. The number of nitrogens with zero attached hydrogens (tertiary/aromatic N) is 1. The summed E-state index contributed by atoms with van der Waals surface area (Å²) in [6, 6.07) is 0. The maximum absolute atomic E-state index is 11.5. The van der Waals surface area contributed by atoms with Crippen LogP contribution in [-0.4, -0.2) is 57.2 Å². The molecule has 6 heteroatoms. The van der Waals surface area contributed by atoms with Crippen LogP contribution < -0.4 is 10.6 Å². The maximum atomic E-state index is 11.5. The summed E-state index contributed by atoms with van der Waals surface area (Å²) in [5.74, 6) is 0.279. The Bertz CT molecular complexity index is 269. The van der Waals surface area contributed by atoms with Gasteiger partial charge in [-0.2, -0.15) is 0 Å². The first-order valence-electron chi connectivity index (χ1n) is 5.90. The average molecular weight is 243 g/mol. The van der Waals surface area contributed by atoms with E-state index in [1.54, 1.807) is 0 Å². The molecule has 17 heavy (non-hydrogen) atoms. The van der Waals surface area contributed by atoms with Crippen LogP contribution in [0.15, 0.2) is 0 Å². The lowest BCUT2D eigenvalue weighted by Crippen LogP contribution is -2.45. The Morgan fingerprint density at radius 2 is 2.24 bits per heavy atom. The number of nitrogens with one attached hydrogen (secondary N) is 2. The molecule has 2 N–H and O–H groups in total. The molecule has 98 valence electrons. The Morgan fingerprint density at radius 3 is 2.88 bits per heavy atom. The van der Waals surface area contributed by atoms with Gasteiger partial charge in [0.2, 0.25) is 5.91 Å². The monoisotopic (exact) mass is 243 g/mol. The van der Waals surface area contributed by atoms with Gasteiger partial charge in [0, 0.05) is 6.54 Å². The zero-order valence-corrected chi connectivity index (χ0v) is 10.5. The number of rotatable bonds is 4. The molecule has 1 saturated heterocycles. The minimum atomic E-state index is -0.696. The second-order valence-corrected chi connectivity index (χ2v) is 4.34. The van der Waals surface area contributed by atoms with Crippen molar-refractivity contribution in [2.75, 3.05) is 40.3 Å². The van der Waals surface area contributed by atoms with E-state index in [1.165, 1.54) is 13.5 Å². The summed E-state index contributed by atoms with van der Waals surface area (Å²) in [5.41, 5.74) is 0. The molecule has 1 rings (SSSR count). The van der Waals surface area contributed by atoms with E-state index in [-0.39, 0.29) is 12.5 Å². The molecule has 1 heterocycles. The van der Waals surface area contributed by atoms with Crippen molar-refractivity contribution in [1.29, 1.82) is 0 Å². The maximum Gasteiger partial charge on any atom is 0.413 e. The van der Waals surface area contributed by atoms with E-state index in [0.717, 1.165) is 26.1 Å². The van der Waals surface area contributed by atoms with Gasteiger partial charge in [-0.15, -0.1) is 0 Å². The molecular formula is C11H21N3O3. The molecule has 0 saturated carbocycles. The number of carbonyl (C=O) groups is 2. The molecule has 2 amide bonds. The standard InChI is InChI=1S/C11H21N3O3/c1-12-6-9-4-3-5-14(7-9)8-10(15)13-11(16)17-2/h9,12H,3-8H2,1-2H3,(H,13,15,16). The SMILES string of the molecule is CNCC1CCCN(CC(=O)NC(=O)OC)C1. The van der Waals surface area contributed by atoms with E-state index in [2.05, 4.69) is 20.3 Å². The van der Waals surface area contributed by atoms with Crippen LogP contribution in [0.5, 0.6) is 0 Å². The third-order valence-corrected chi connectivity index (χ3v) is 2.89. The van der Waals surface area contributed by atoms with Crippen molar-refractivity contribution in [3.63, 3.8) is 0 Å². The van der Waals surface area contributed by atoms with Crippen molar-refractivity contribution < 1.29 is 14.3 Å². The van der Waals surface area contributed by atoms with Gasteiger partial charge in [-0.05, 0) is 38.9 Å². The Hall–Kier alpha value is -1.14. The number of piperidine rings is 1. The fraction of sp³-hybridized carbons (Fsp3) is 0.818. The number of likely N-dealkylation sites (tertiary alicyclic amines) is 1. The molecule has 0 aliphatic carbocycles. The van der Waals surface area contributed by atoms with Gasteiger partial charge in [-0.25, -0.2) is 4.79 Å². The first-order valence-corrected chi connectivity index (χ1v) is 5.90. The molecule has 0 aromatic carbocycles. The van der Waals surface area contributed by atoms with Crippen molar-refractivity contribution >= 4 is 12.0 Å². The van der Waals surface area contributed by atoms with Crippen molar-refractivity contribution in [2.45, 2.75) is 12.8 Å². The van der Waals surface area contributed by atoms with Gasteiger partial charge in [-0.1, -0.05) is 0 Å². The second kappa shape index (κ2) is 7.24. The Kier molecular flexibility index (Phi) is 5.93. The van der Waals surface area contributed by atoms with Gasteiger partial charge in [0.15, 0.2) is 0 Å². The molecule has 1 unspecified atom stereocenters. The number of imide groups is 1. The van der Waals surface area contributed by atoms with E-state index in [9.17, 15) is 9.59 Å². The van der Waals surface area contributed by atoms with Crippen LogP contribution in [0.3, 0.4) is 0 Å². The van der Waals surface area contributed by atoms with Crippen molar-refractivity contribution in [3.05, 3.63) is 0 Å². The van der Waals surface area contributed by atoms with E-state index in [1.807, 2.05) is 7.05 Å². The van der Waals surface area contributed by atoms with E-state index in [0.29, 0.717) is 5.92 Å². The quantitative estimate of drug-likeness (QED) is 0.715. The molecule has 0 bridgehead atoms. The number of hydrogen-bond donors (Lipinski definition) is 2. The van der Waals surface area contributed by atoms with Gasteiger partial charge in [0.1, 0.15) is 0 Å². The van der Waals surface area contributed by atoms with Gasteiger partial charge >= 0.3 is 6.09 Å². The molecule has 0 aromatic rings. The summed E-state index contributed by atoms with van der Waals surface area (Å²) >= 11 is 0. The number of ether oxygens (including phenoxy) is 1. The fourth-order valence-corrected chi connectivity index (χ4v) is 2.16. The normalized spacial score (nSPS) is 20.9. The van der Waals surface area contributed by atoms with Crippen LogP contribution in [0.4, 0.5) is 4.79 Å². The molecule has 0 radical (unpaired) electrons. The lowest BCUT2D eigenvalue weighted by atomic mass is 9.98. The Morgan fingerprint density at radius 1 is 1.47 bits per heavy atom. The van der Waals surface area contributed by atoms with Gasteiger partial charge in [0.05, 0.1) is 13.7 Å². The molecule has 0 aromatic heterocycles. The summed E-state index contributed by atoms with van der Waals surface area (Å²) < 4.78 is 4.37. The highest BCUT2D eigenvalue weighted by atomic mass is 16.5. The molecule has 0 spiro atoms. The molecule has 1 fully saturated rings. The van der Waals surface area contributed by atoms with Crippen LogP contribution in [0, 0.1) is 5.92 Å². The van der Waals surface area contributed by atoms with Crippen LogP contribution in [-0.2, 0) is 9.53 Å². The lowest BCUT2D eigenvalue weighted by Gasteiger charge is -2.31. The number of methoxy groups -OCH3 is 1. The second-order valence-electron chi connectivity index (χ2n) is 4.34. The largest absolute Gasteiger partial charge is 0.453 e. The highest BCUT2D eigenvalue weighted by molar-refractivity contribution is 5.92. The third kappa shape index (κ3) is 5.14. The zero-order chi connectivity index (χ0) is 12.7. The molecule has 1 aliphatic rings. The van der Waals surface area contributed by atoms with Crippen LogP contribution in [0.1, 0.15) is 12.8 Å². The van der Waals surface area contributed by atoms with Crippen LogP contribution in [0.2, 0.25) is 0 Å². The third-order valence-electron chi connectivity index (χ3n) is 2.89. The Balaban J connectivity index is 2.30. The molecule has 1 atom stereocenters.